The second-order valence-corrected chi connectivity index (χ2v) is 6.15. The van der Waals surface area contributed by atoms with Crippen LogP contribution in [0.3, 0.4) is 0 Å². The van der Waals surface area contributed by atoms with Crippen molar-refractivity contribution >= 4 is 22.6 Å². The monoisotopic (exact) mass is 333 g/mol. The smallest absolute Gasteiger partial charge is 0.223 e. The number of aromatic nitrogens is 3. The lowest BCUT2D eigenvalue weighted by molar-refractivity contribution is -0.122. The first-order valence-electron chi connectivity index (χ1n) is 8.49. The Morgan fingerprint density at radius 1 is 1.12 bits per heavy atom. The Morgan fingerprint density at radius 3 is 2.76 bits per heavy atom. The summed E-state index contributed by atoms with van der Waals surface area (Å²) < 4.78 is 0. The van der Waals surface area contributed by atoms with E-state index in [2.05, 4.69) is 20.6 Å². The van der Waals surface area contributed by atoms with Crippen LogP contribution < -0.4 is 10.6 Å². The SMILES string of the molecule is O=C(NCCNc1nc(-c2ccncc2)cc2ncccc12)C1CC1. The molecule has 2 N–H and O–H groups in total. The third-order valence-electron chi connectivity index (χ3n) is 4.24. The Kier molecular flexibility index (Phi) is 4.24. The molecule has 0 aromatic carbocycles. The van der Waals surface area contributed by atoms with E-state index in [0.29, 0.717) is 13.1 Å². The molecule has 0 atom stereocenters. The van der Waals surface area contributed by atoms with E-state index >= 15 is 0 Å². The van der Waals surface area contributed by atoms with Crippen LogP contribution in [0.5, 0.6) is 0 Å². The number of hydrogen-bond acceptors (Lipinski definition) is 5. The predicted molar refractivity (Wildman–Crippen MR) is 97.0 cm³/mol. The van der Waals surface area contributed by atoms with Crippen molar-refractivity contribution in [2.75, 3.05) is 18.4 Å². The summed E-state index contributed by atoms with van der Waals surface area (Å²) in [7, 11) is 0. The first-order chi connectivity index (χ1) is 12.3. The summed E-state index contributed by atoms with van der Waals surface area (Å²) in [5.74, 6) is 1.17. The number of fused-ring (bicyclic) bond motifs is 1. The molecule has 0 saturated heterocycles. The maximum Gasteiger partial charge on any atom is 0.223 e. The number of carbonyl (C=O) groups excluding carboxylic acids is 1. The molecule has 25 heavy (non-hydrogen) atoms. The molecule has 1 aliphatic rings. The molecule has 126 valence electrons. The number of amides is 1. The van der Waals surface area contributed by atoms with E-state index in [0.717, 1.165) is 40.8 Å². The zero-order valence-corrected chi connectivity index (χ0v) is 13.8. The average Bonchev–Trinajstić information content (AvgIpc) is 3.51. The molecule has 0 spiro atoms. The fraction of sp³-hybridized carbons (Fsp3) is 0.263. The van der Waals surface area contributed by atoms with E-state index in [9.17, 15) is 4.79 Å². The van der Waals surface area contributed by atoms with Crippen LogP contribution in [0.1, 0.15) is 12.8 Å². The fourth-order valence-electron chi connectivity index (χ4n) is 2.74. The highest BCUT2D eigenvalue weighted by molar-refractivity contribution is 5.91. The Morgan fingerprint density at radius 2 is 1.96 bits per heavy atom. The van der Waals surface area contributed by atoms with Gasteiger partial charge in [-0.3, -0.25) is 14.8 Å². The number of rotatable bonds is 6. The van der Waals surface area contributed by atoms with Gasteiger partial charge in [-0.15, -0.1) is 0 Å². The molecule has 1 saturated carbocycles. The Bertz CT molecular complexity index is 893. The first kappa shape index (κ1) is 15.5. The van der Waals surface area contributed by atoms with Crippen LogP contribution in [0.4, 0.5) is 5.82 Å². The number of nitrogens with one attached hydrogen (secondary N) is 2. The van der Waals surface area contributed by atoms with Crippen molar-refractivity contribution < 1.29 is 4.79 Å². The molecule has 1 aliphatic carbocycles. The molecule has 1 amide bonds. The predicted octanol–water partition coefficient (Wildman–Crippen LogP) is 2.63. The van der Waals surface area contributed by atoms with Crippen molar-refractivity contribution in [1.29, 1.82) is 0 Å². The molecule has 0 radical (unpaired) electrons. The molecule has 0 aliphatic heterocycles. The second-order valence-electron chi connectivity index (χ2n) is 6.15. The van der Waals surface area contributed by atoms with Crippen LogP contribution in [-0.2, 0) is 4.79 Å². The van der Waals surface area contributed by atoms with Gasteiger partial charge in [-0.1, -0.05) is 0 Å². The van der Waals surface area contributed by atoms with Crippen molar-refractivity contribution in [3.8, 4) is 11.3 Å². The van der Waals surface area contributed by atoms with Gasteiger partial charge in [0, 0.05) is 48.5 Å². The molecule has 1 fully saturated rings. The fourth-order valence-corrected chi connectivity index (χ4v) is 2.74. The van der Waals surface area contributed by atoms with Crippen LogP contribution >= 0.6 is 0 Å². The van der Waals surface area contributed by atoms with Crippen molar-refractivity contribution in [1.82, 2.24) is 20.3 Å². The van der Waals surface area contributed by atoms with Crippen molar-refractivity contribution in [2.45, 2.75) is 12.8 Å². The number of pyridine rings is 3. The van der Waals surface area contributed by atoms with E-state index < -0.39 is 0 Å². The Balaban J connectivity index is 1.54. The van der Waals surface area contributed by atoms with E-state index in [-0.39, 0.29) is 11.8 Å². The summed E-state index contributed by atoms with van der Waals surface area (Å²) in [6, 6.07) is 9.73. The summed E-state index contributed by atoms with van der Waals surface area (Å²) in [5, 5.41) is 7.25. The molecule has 6 heteroatoms. The summed E-state index contributed by atoms with van der Waals surface area (Å²) in [4.78, 5) is 24.9. The molecule has 0 bridgehead atoms. The highest BCUT2D eigenvalue weighted by atomic mass is 16.2. The van der Waals surface area contributed by atoms with E-state index in [4.69, 9.17) is 4.98 Å². The third-order valence-corrected chi connectivity index (χ3v) is 4.24. The van der Waals surface area contributed by atoms with Crippen LogP contribution in [-0.4, -0.2) is 33.9 Å². The van der Waals surface area contributed by atoms with Gasteiger partial charge in [-0.25, -0.2) is 4.98 Å². The van der Waals surface area contributed by atoms with Gasteiger partial charge in [0.2, 0.25) is 5.91 Å². The third kappa shape index (κ3) is 3.57. The van der Waals surface area contributed by atoms with Crippen LogP contribution in [0.15, 0.2) is 48.9 Å². The summed E-state index contributed by atoms with van der Waals surface area (Å²) >= 11 is 0. The molecule has 0 unspecified atom stereocenters. The number of anilines is 1. The van der Waals surface area contributed by atoms with Crippen LogP contribution in [0.2, 0.25) is 0 Å². The van der Waals surface area contributed by atoms with Gasteiger partial charge in [0.1, 0.15) is 5.82 Å². The molecule has 6 nitrogen and oxygen atoms in total. The van der Waals surface area contributed by atoms with Gasteiger partial charge in [-0.2, -0.15) is 0 Å². The Labute approximate surface area is 145 Å². The first-order valence-corrected chi connectivity index (χ1v) is 8.49. The molecular formula is C19H19N5O. The van der Waals surface area contributed by atoms with Crippen LogP contribution in [0.25, 0.3) is 22.2 Å². The maximum atomic E-state index is 11.7. The quantitative estimate of drug-likeness (QED) is 0.678. The topological polar surface area (TPSA) is 79.8 Å². The minimum Gasteiger partial charge on any atom is -0.368 e. The number of hydrogen-bond donors (Lipinski definition) is 2. The van der Waals surface area contributed by atoms with E-state index in [1.54, 1.807) is 18.6 Å². The lowest BCUT2D eigenvalue weighted by Crippen LogP contribution is -2.30. The second kappa shape index (κ2) is 6.84. The van der Waals surface area contributed by atoms with Gasteiger partial charge in [0.05, 0.1) is 11.2 Å². The zero-order valence-electron chi connectivity index (χ0n) is 13.8. The molecule has 3 heterocycles. The minimum absolute atomic E-state index is 0.159. The summed E-state index contributed by atoms with van der Waals surface area (Å²) in [6.07, 6.45) is 7.31. The highest BCUT2D eigenvalue weighted by Crippen LogP contribution is 2.28. The molecule has 3 aromatic heterocycles. The van der Waals surface area contributed by atoms with Crippen molar-refractivity contribution in [3.63, 3.8) is 0 Å². The largest absolute Gasteiger partial charge is 0.368 e. The van der Waals surface area contributed by atoms with Crippen molar-refractivity contribution in [2.24, 2.45) is 5.92 Å². The lowest BCUT2D eigenvalue weighted by atomic mass is 10.1. The Hall–Kier alpha value is -3.02. The maximum absolute atomic E-state index is 11.7. The zero-order chi connectivity index (χ0) is 17.1. The molecular weight excluding hydrogens is 314 g/mol. The van der Waals surface area contributed by atoms with E-state index in [1.807, 2.05) is 30.3 Å². The average molecular weight is 333 g/mol. The normalized spacial score (nSPS) is 13.6. The van der Waals surface area contributed by atoms with Gasteiger partial charge in [0.25, 0.3) is 0 Å². The van der Waals surface area contributed by atoms with Gasteiger partial charge >= 0.3 is 0 Å². The molecule has 3 aromatic rings. The number of nitrogens with zero attached hydrogens (tertiary/aromatic N) is 3. The summed E-state index contributed by atoms with van der Waals surface area (Å²) in [5.41, 5.74) is 2.72. The lowest BCUT2D eigenvalue weighted by Gasteiger charge is -2.11. The van der Waals surface area contributed by atoms with Gasteiger partial charge < -0.3 is 10.6 Å². The van der Waals surface area contributed by atoms with Crippen molar-refractivity contribution in [3.05, 3.63) is 48.9 Å². The van der Waals surface area contributed by atoms with E-state index in [1.165, 1.54) is 0 Å². The number of carbonyl (C=O) groups is 1. The minimum atomic E-state index is 0.159. The highest BCUT2D eigenvalue weighted by Gasteiger charge is 2.28. The van der Waals surface area contributed by atoms with Gasteiger partial charge in [0.15, 0.2) is 0 Å². The van der Waals surface area contributed by atoms with Crippen LogP contribution in [0, 0.1) is 5.92 Å². The van der Waals surface area contributed by atoms with Gasteiger partial charge in [-0.05, 0) is 43.2 Å². The standard InChI is InChI=1S/C19H19N5O/c25-19(14-3-4-14)23-11-10-22-18-15-2-1-7-21-17(15)12-16(24-18)13-5-8-20-9-6-13/h1-2,5-9,12,14H,3-4,10-11H2,(H,22,24)(H,23,25). The summed E-state index contributed by atoms with van der Waals surface area (Å²) in [6.45, 7) is 1.20. The molecule has 4 rings (SSSR count).